The minimum atomic E-state index is -0.163. The topological polar surface area (TPSA) is 79.9 Å². The third-order valence-corrected chi connectivity index (χ3v) is 2.81. The van der Waals surface area contributed by atoms with Crippen molar-refractivity contribution in [3.8, 4) is 5.88 Å². The van der Waals surface area contributed by atoms with Crippen molar-refractivity contribution < 1.29 is 4.74 Å². The Balaban J connectivity index is 2.16. The number of aromatic amines is 1. The van der Waals surface area contributed by atoms with E-state index in [1.807, 2.05) is 26.0 Å². The molecule has 2 heterocycles. The second kappa shape index (κ2) is 6.18. The highest BCUT2D eigenvalue weighted by molar-refractivity contribution is 5.37. The van der Waals surface area contributed by atoms with Crippen LogP contribution in [-0.2, 0) is 6.54 Å². The number of methoxy groups -OCH3 is 1. The average molecular weight is 274 g/mol. The summed E-state index contributed by atoms with van der Waals surface area (Å²) in [6.07, 6.45) is 1.67. The Hall–Kier alpha value is -2.37. The van der Waals surface area contributed by atoms with Gasteiger partial charge in [-0.1, -0.05) is 19.9 Å². The monoisotopic (exact) mass is 274 g/mol. The van der Waals surface area contributed by atoms with Crippen molar-refractivity contribution in [3.63, 3.8) is 0 Å². The van der Waals surface area contributed by atoms with Crippen molar-refractivity contribution in [2.24, 2.45) is 0 Å². The molecule has 2 aromatic rings. The van der Waals surface area contributed by atoms with Crippen LogP contribution in [0.4, 0.5) is 5.82 Å². The molecule has 2 rings (SSSR count). The Morgan fingerprint density at radius 2 is 2.25 bits per heavy atom. The summed E-state index contributed by atoms with van der Waals surface area (Å²) >= 11 is 0. The van der Waals surface area contributed by atoms with Crippen LogP contribution in [0.15, 0.2) is 29.2 Å². The first-order valence-electron chi connectivity index (χ1n) is 6.43. The molecular weight excluding hydrogens is 256 g/mol. The van der Waals surface area contributed by atoms with E-state index in [4.69, 9.17) is 4.74 Å². The molecule has 0 aliphatic carbocycles. The van der Waals surface area contributed by atoms with Crippen LogP contribution in [0.3, 0.4) is 0 Å². The highest BCUT2D eigenvalue weighted by Crippen LogP contribution is 2.15. The molecule has 0 saturated carbocycles. The van der Waals surface area contributed by atoms with E-state index >= 15 is 0 Å². The van der Waals surface area contributed by atoms with Gasteiger partial charge in [0.15, 0.2) is 0 Å². The molecule has 0 bridgehead atoms. The van der Waals surface area contributed by atoms with Crippen molar-refractivity contribution in [2.75, 3.05) is 12.4 Å². The van der Waals surface area contributed by atoms with Gasteiger partial charge in [0.25, 0.3) is 5.56 Å². The lowest BCUT2D eigenvalue weighted by molar-refractivity contribution is 0.393. The molecule has 0 fully saturated rings. The minimum Gasteiger partial charge on any atom is -0.481 e. The largest absolute Gasteiger partial charge is 0.481 e. The molecule has 0 aliphatic rings. The number of aromatic nitrogens is 3. The lowest BCUT2D eigenvalue weighted by Crippen LogP contribution is -2.14. The van der Waals surface area contributed by atoms with E-state index in [1.54, 1.807) is 13.3 Å². The van der Waals surface area contributed by atoms with Crippen molar-refractivity contribution in [2.45, 2.75) is 26.3 Å². The van der Waals surface area contributed by atoms with Crippen LogP contribution in [0.5, 0.6) is 5.88 Å². The molecule has 0 aromatic carbocycles. The fraction of sp³-hybridized carbons (Fsp3) is 0.357. The van der Waals surface area contributed by atoms with E-state index in [0.717, 1.165) is 5.56 Å². The summed E-state index contributed by atoms with van der Waals surface area (Å²) in [4.78, 5) is 22.8. The van der Waals surface area contributed by atoms with Crippen LogP contribution in [0, 0.1) is 0 Å². The first kappa shape index (κ1) is 14.0. The molecule has 0 saturated heterocycles. The van der Waals surface area contributed by atoms with Crippen LogP contribution in [0.2, 0.25) is 0 Å². The Bertz CT molecular complexity index is 637. The predicted molar refractivity (Wildman–Crippen MR) is 77.1 cm³/mol. The average Bonchev–Trinajstić information content (AvgIpc) is 2.44. The van der Waals surface area contributed by atoms with Gasteiger partial charge < -0.3 is 15.0 Å². The highest BCUT2D eigenvalue weighted by atomic mass is 16.5. The van der Waals surface area contributed by atoms with E-state index in [-0.39, 0.29) is 11.5 Å². The third kappa shape index (κ3) is 3.34. The molecule has 2 N–H and O–H groups in total. The van der Waals surface area contributed by atoms with Gasteiger partial charge in [0.1, 0.15) is 11.6 Å². The Morgan fingerprint density at radius 1 is 1.45 bits per heavy atom. The maximum absolute atomic E-state index is 11.6. The first-order chi connectivity index (χ1) is 9.60. The summed E-state index contributed by atoms with van der Waals surface area (Å²) in [5.41, 5.74) is 0.743. The summed E-state index contributed by atoms with van der Waals surface area (Å²) in [5.74, 6) is 1.94. The van der Waals surface area contributed by atoms with E-state index in [9.17, 15) is 4.79 Å². The van der Waals surface area contributed by atoms with Crippen LogP contribution in [0.25, 0.3) is 0 Å². The maximum Gasteiger partial charge on any atom is 0.252 e. The third-order valence-electron chi connectivity index (χ3n) is 2.81. The van der Waals surface area contributed by atoms with E-state index in [2.05, 4.69) is 20.3 Å². The molecule has 2 aromatic heterocycles. The molecule has 0 aliphatic heterocycles. The molecular formula is C14H18N4O2. The molecule has 0 unspecified atom stereocenters. The molecule has 0 spiro atoms. The number of nitrogens with zero attached hydrogens (tertiary/aromatic N) is 2. The number of anilines is 1. The first-order valence-corrected chi connectivity index (χ1v) is 6.43. The van der Waals surface area contributed by atoms with Crippen molar-refractivity contribution in [1.82, 2.24) is 15.0 Å². The number of pyridine rings is 1. The molecule has 0 amide bonds. The fourth-order valence-electron chi connectivity index (χ4n) is 1.77. The highest BCUT2D eigenvalue weighted by Gasteiger charge is 2.07. The fourth-order valence-corrected chi connectivity index (χ4v) is 1.77. The minimum absolute atomic E-state index is 0.163. The van der Waals surface area contributed by atoms with Crippen LogP contribution >= 0.6 is 0 Å². The quantitative estimate of drug-likeness (QED) is 0.870. The molecule has 106 valence electrons. The van der Waals surface area contributed by atoms with Crippen LogP contribution in [0.1, 0.15) is 31.2 Å². The Morgan fingerprint density at radius 3 is 2.95 bits per heavy atom. The molecule has 6 nitrogen and oxygen atoms in total. The standard InChI is InChI=1S/C14H18N4O2/c1-9(2)13-17-11(7-12(19)18-13)16-8-10-5-4-6-15-14(10)20-3/h4-7,9H,8H2,1-3H3,(H2,16,17,18,19). The van der Waals surface area contributed by atoms with Gasteiger partial charge >= 0.3 is 0 Å². The zero-order chi connectivity index (χ0) is 14.5. The molecule has 20 heavy (non-hydrogen) atoms. The number of rotatable bonds is 5. The number of nitrogens with one attached hydrogen (secondary N) is 2. The molecule has 0 atom stereocenters. The second-order valence-electron chi connectivity index (χ2n) is 4.70. The predicted octanol–water partition coefficient (Wildman–Crippen LogP) is 1.91. The summed E-state index contributed by atoms with van der Waals surface area (Å²) in [5, 5.41) is 3.12. The van der Waals surface area contributed by atoms with Gasteiger partial charge in [-0.3, -0.25) is 4.79 Å². The lowest BCUT2D eigenvalue weighted by atomic mass is 10.2. The van der Waals surface area contributed by atoms with Gasteiger partial charge in [-0.05, 0) is 6.07 Å². The van der Waals surface area contributed by atoms with Crippen molar-refractivity contribution in [1.29, 1.82) is 0 Å². The normalized spacial score (nSPS) is 10.6. The maximum atomic E-state index is 11.6. The van der Waals surface area contributed by atoms with Gasteiger partial charge in [-0.15, -0.1) is 0 Å². The van der Waals surface area contributed by atoms with Gasteiger partial charge in [-0.2, -0.15) is 0 Å². The van der Waals surface area contributed by atoms with Crippen LogP contribution < -0.4 is 15.6 Å². The molecule has 6 heteroatoms. The van der Waals surface area contributed by atoms with Gasteiger partial charge in [0.05, 0.1) is 7.11 Å². The van der Waals surface area contributed by atoms with Crippen molar-refractivity contribution in [3.05, 3.63) is 46.1 Å². The Kier molecular flexibility index (Phi) is 4.34. The van der Waals surface area contributed by atoms with Crippen molar-refractivity contribution >= 4 is 5.82 Å². The van der Waals surface area contributed by atoms with E-state index in [1.165, 1.54) is 6.07 Å². The molecule has 0 radical (unpaired) electrons. The van der Waals surface area contributed by atoms with E-state index < -0.39 is 0 Å². The van der Waals surface area contributed by atoms with Gasteiger partial charge in [0, 0.05) is 30.3 Å². The number of H-pyrrole nitrogens is 1. The Labute approximate surface area is 117 Å². The summed E-state index contributed by atoms with van der Waals surface area (Å²) in [6.45, 7) is 4.45. The summed E-state index contributed by atoms with van der Waals surface area (Å²) in [7, 11) is 1.58. The van der Waals surface area contributed by atoms with Crippen LogP contribution in [-0.4, -0.2) is 22.1 Å². The summed E-state index contributed by atoms with van der Waals surface area (Å²) < 4.78 is 5.18. The SMILES string of the molecule is COc1ncccc1CNc1cc(=O)[nH]c(C(C)C)n1. The van der Waals surface area contributed by atoms with Gasteiger partial charge in [0.2, 0.25) is 5.88 Å². The number of hydrogen-bond acceptors (Lipinski definition) is 5. The van der Waals surface area contributed by atoms with E-state index in [0.29, 0.717) is 24.1 Å². The zero-order valence-electron chi connectivity index (χ0n) is 11.8. The smallest absolute Gasteiger partial charge is 0.252 e. The summed E-state index contributed by atoms with van der Waals surface area (Å²) in [6, 6.07) is 5.19. The second-order valence-corrected chi connectivity index (χ2v) is 4.70. The number of ether oxygens (including phenoxy) is 1. The lowest BCUT2D eigenvalue weighted by Gasteiger charge is -2.10. The van der Waals surface area contributed by atoms with Gasteiger partial charge in [-0.25, -0.2) is 9.97 Å². The zero-order valence-corrected chi connectivity index (χ0v) is 11.8. The number of hydrogen-bond donors (Lipinski definition) is 2.